The van der Waals surface area contributed by atoms with E-state index >= 15 is 0 Å². The second-order valence-corrected chi connectivity index (χ2v) is 9.04. The van der Waals surface area contributed by atoms with Crippen molar-refractivity contribution in [1.82, 2.24) is 4.57 Å². The first-order chi connectivity index (χ1) is 13.2. The van der Waals surface area contributed by atoms with Gasteiger partial charge in [-0.25, -0.2) is 13.2 Å². The fourth-order valence-electron chi connectivity index (χ4n) is 2.71. The van der Waals surface area contributed by atoms with Crippen molar-refractivity contribution in [1.29, 1.82) is 0 Å². The van der Waals surface area contributed by atoms with E-state index in [4.69, 9.17) is 4.74 Å². The van der Waals surface area contributed by atoms with Gasteiger partial charge in [0, 0.05) is 18.4 Å². The summed E-state index contributed by atoms with van der Waals surface area (Å²) in [6, 6.07) is 10.8. The molecule has 0 radical (unpaired) electrons. The van der Waals surface area contributed by atoms with Gasteiger partial charge in [0.2, 0.25) is 0 Å². The summed E-state index contributed by atoms with van der Waals surface area (Å²) in [4.78, 5) is 29.1. The Morgan fingerprint density at radius 2 is 1.75 bits per heavy atom. The predicted octanol–water partition coefficient (Wildman–Crippen LogP) is 2.65. The van der Waals surface area contributed by atoms with Crippen LogP contribution in [-0.2, 0) is 21.1 Å². The lowest BCUT2D eigenvalue weighted by molar-refractivity contribution is 0.0600. The number of amides is 1. The first kappa shape index (κ1) is 20.0. The van der Waals surface area contributed by atoms with Crippen molar-refractivity contribution in [3.8, 4) is 0 Å². The minimum absolute atomic E-state index is 0.143. The van der Waals surface area contributed by atoms with Gasteiger partial charge in [-0.05, 0) is 49.4 Å². The van der Waals surface area contributed by atoms with E-state index in [-0.39, 0.29) is 4.90 Å². The zero-order valence-corrected chi connectivity index (χ0v) is 17.1. The number of carbonyl (C=O) groups excluding carboxylic acids is 2. The molecule has 0 saturated heterocycles. The summed E-state index contributed by atoms with van der Waals surface area (Å²) in [5.74, 6) is -0.902. The Morgan fingerprint density at radius 3 is 2.32 bits per heavy atom. The quantitative estimate of drug-likeness (QED) is 0.607. The summed E-state index contributed by atoms with van der Waals surface area (Å²) < 4.78 is 30.5. The summed E-state index contributed by atoms with van der Waals surface area (Å²) in [5, 5.41) is 0. The molecule has 3 rings (SSSR count). The van der Waals surface area contributed by atoms with Crippen LogP contribution in [0.1, 0.15) is 27.6 Å². The third kappa shape index (κ3) is 3.90. The molecule has 3 aromatic rings. The third-order valence-electron chi connectivity index (χ3n) is 4.15. The summed E-state index contributed by atoms with van der Waals surface area (Å²) in [5.41, 5.74) is 1.58. The molecule has 146 valence electrons. The summed E-state index contributed by atoms with van der Waals surface area (Å²) in [6.45, 7) is 2.53. The van der Waals surface area contributed by atoms with Crippen LogP contribution in [0.2, 0.25) is 0 Å². The number of carbonyl (C=O) groups is 2. The highest BCUT2D eigenvalue weighted by atomic mass is 32.2. The lowest BCUT2D eigenvalue weighted by Crippen LogP contribution is -2.16. The lowest BCUT2D eigenvalue weighted by Gasteiger charge is -2.02. The van der Waals surface area contributed by atoms with Gasteiger partial charge in [-0.1, -0.05) is 11.3 Å². The highest BCUT2D eigenvalue weighted by molar-refractivity contribution is 7.90. The summed E-state index contributed by atoms with van der Waals surface area (Å²) >= 11 is 1.29. The maximum absolute atomic E-state index is 12.5. The highest BCUT2D eigenvalue weighted by Gasteiger charge is 2.13. The maximum atomic E-state index is 12.5. The van der Waals surface area contributed by atoms with Gasteiger partial charge in [0.1, 0.15) is 0 Å². The Balaban J connectivity index is 2.05. The summed E-state index contributed by atoms with van der Waals surface area (Å²) in [7, 11) is -2.01. The third-order valence-corrected chi connectivity index (χ3v) is 6.32. The van der Waals surface area contributed by atoms with Gasteiger partial charge >= 0.3 is 5.97 Å². The van der Waals surface area contributed by atoms with Crippen molar-refractivity contribution < 1.29 is 22.7 Å². The molecular weight excluding hydrogens is 400 g/mol. The topological polar surface area (TPSA) is 94.8 Å². The smallest absolute Gasteiger partial charge is 0.337 e. The Labute approximate surface area is 165 Å². The van der Waals surface area contributed by atoms with E-state index in [0.717, 1.165) is 16.5 Å². The highest BCUT2D eigenvalue weighted by Crippen LogP contribution is 2.20. The molecule has 2 aromatic carbocycles. The Bertz CT molecular complexity index is 1240. The number of aromatic nitrogens is 1. The number of fused-ring (bicyclic) bond motifs is 1. The molecule has 0 aliphatic carbocycles. The molecule has 28 heavy (non-hydrogen) atoms. The van der Waals surface area contributed by atoms with Crippen LogP contribution >= 0.6 is 11.3 Å². The zero-order valence-electron chi connectivity index (χ0n) is 15.5. The van der Waals surface area contributed by atoms with Crippen LogP contribution in [0.25, 0.3) is 10.2 Å². The van der Waals surface area contributed by atoms with Crippen LogP contribution in [0.4, 0.5) is 0 Å². The number of benzene rings is 2. The maximum Gasteiger partial charge on any atom is 0.337 e. The average Bonchev–Trinajstić information content (AvgIpc) is 3.02. The number of sulfone groups is 1. The molecule has 0 fully saturated rings. The number of nitrogens with zero attached hydrogens (tertiary/aromatic N) is 2. The molecule has 0 N–H and O–H groups in total. The monoisotopic (exact) mass is 418 g/mol. The molecule has 1 aromatic heterocycles. The van der Waals surface area contributed by atoms with E-state index in [2.05, 4.69) is 4.99 Å². The molecule has 7 nitrogen and oxygen atoms in total. The minimum atomic E-state index is -3.33. The lowest BCUT2D eigenvalue weighted by atomic mass is 10.2. The Kier molecular flexibility index (Phi) is 5.48. The van der Waals surface area contributed by atoms with Crippen LogP contribution in [-0.4, -0.2) is 38.2 Å². The molecule has 9 heteroatoms. The fourth-order valence-corrected chi connectivity index (χ4v) is 4.47. The number of ether oxygens (including phenoxy) is 1. The van der Waals surface area contributed by atoms with Crippen LogP contribution in [0, 0.1) is 0 Å². The van der Waals surface area contributed by atoms with Gasteiger partial charge in [0.05, 0.1) is 27.8 Å². The van der Waals surface area contributed by atoms with Gasteiger partial charge in [0.15, 0.2) is 14.6 Å². The number of rotatable bonds is 4. The molecule has 0 saturated carbocycles. The number of methoxy groups -OCH3 is 1. The Morgan fingerprint density at radius 1 is 1.11 bits per heavy atom. The minimum Gasteiger partial charge on any atom is -0.465 e. The molecule has 0 aliphatic heterocycles. The molecule has 1 amide bonds. The van der Waals surface area contributed by atoms with Crippen LogP contribution in [0.15, 0.2) is 52.4 Å². The van der Waals surface area contributed by atoms with Crippen LogP contribution < -0.4 is 4.80 Å². The van der Waals surface area contributed by atoms with Crippen LogP contribution in [0.3, 0.4) is 0 Å². The summed E-state index contributed by atoms with van der Waals surface area (Å²) in [6.07, 6.45) is 1.11. The van der Waals surface area contributed by atoms with Gasteiger partial charge < -0.3 is 9.30 Å². The predicted molar refractivity (Wildman–Crippen MR) is 106 cm³/mol. The molecule has 0 unspecified atom stereocenters. The van der Waals surface area contributed by atoms with Crippen molar-refractivity contribution in [2.75, 3.05) is 13.4 Å². The molecule has 0 aliphatic rings. The second kappa shape index (κ2) is 7.69. The number of thiazole rings is 1. The van der Waals surface area contributed by atoms with Gasteiger partial charge in [-0.2, -0.15) is 4.99 Å². The Hall–Kier alpha value is -2.78. The molecule has 0 atom stereocenters. The van der Waals surface area contributed by atoms with Gasteiger partial charge in [-0.3, -0.25) is 4.79 Å². The van der Waals surface area contributed by atoms with Crippen molar-refractivity contribution in [3.63, 3.8) is 0 Å². The SMILES string of the molecule is CCn1c(=NC(=O)c2ccc(S(C)(=O)=O)cc2)sc2cc(C(=O)OC)ccc21. The number of hydrogen-bond acceptors (Lipinski definition) is 6. The van der Waals surface area contributed by atoms with E-state index in [9.17, 15) is 18.0 Å². The van der Waals surface area contributed by atoms with E-state index in [0.29, 0.717) is 22.5 Å². The van der Waals surface area contributed by atoms with E-state index in [1.54, 1.807) is 18.2 Å². The van der Waals surface area contributed by atoms with Gasteiger partial charge in [0.25, 0.3) is 5.91 Å². The average molecular weight is 418 g/mol. The molecule has 0 spiro atoms. The number of esters is 1. The van der Waals surface area contributed by atoms with E-state index in [1.165, 1.54) is 42.7 Å². The van der Waals surface area contributed by atoms with Crippen molar-refractivity contribution in [3.05, 3.63) is 58.4 Å². The largest absolute Gasteiger partial charge is 0.465 e. The second-order valence-electron chi connectivity index (χ2n) is 6.02. The van der Waals surface area contributed by atoms with Gasteiger partial charge in [-0.15, -0.1) is 0 Å². The molecule has 1 heterocycles. The zero-order chi connectivity index (χ0) is 20.5. The molecule has 0 bridgehead atoms. The van der Waals surface area contributed by atoms with Crippen molar-refractivity contribution in [2.45, 2.75) is 18.4 Å². The normalized spacial score (nSPS) is 12.3. The van der Waals surface area contributed by atoms with E-state index < -0.39 is 21.7 Å². The molecular formula is C19H18N2O5S2. The standard InChI is InChI=1S/C19H18N2O5S2/c1-4-21-15-10-7-13(18(23)26-2)11-16(15)27-19(21)20-17(22)12-5-8-14(9-6-12)28(3,24)25/h5-11H,4H2,1-3H3. The number of hydrogen-bond donors (Lipinski definition) is 0. The van der Waals surface area contributed by atoms with Crippen molar-refractivity contribution >= 4 is 43.3 Å². The van der Waals surface area contributed by atoms with E-state index in [1.807, 2.05) is 11.5 Å². The first-order valence-electron chi connectivity index (χ1n) is 8.35. The van der Waals surface area contributed by atoms with Crippen LogP contribution in [0.5, 0.6) is 0 Å². The number of aryl methyl sites for hydroxylation is 1. The van der Waals surface area contributed by atoms with Crippen molar-refractivity contribution in [2.24, 2.45) is 4.99 Å². The fraction of sp³-hybridized carbons (Fsp3) is 0.211. The first-order valence-corrected chi connectivity index (χ1v) is 11.1.